The standard InChI is InChI=1S/C23H30FN5O4/c1-23(2,3)33-19(14-20(30)31)28-21(32)15-5-6-18(17(24)13-15)29-11-7-16(8-12-29)27-22-25-9-4-10-26-22/h4-6,9-10,13,16,19H,7-8,11-12,14H2,1-3H3,(H,28,32)(H,30,31)(H,25,26,27). The smallest absolute Gasteiger partial charge is 0.307 e. The third kappa shape index (κ3) is 7.38. The number of nitrogens with zero attached hydrogens (tertiary/aromatic N) is 3. The zero-order chi connectivity index (χ0) is 24.0. The van der Waals surface area contributed by atoms with E-state index in [1.165, 1.54) is 12.1 Å². The van der Waals surface area contributed by atoms with E-state index in [1.54, 1.807) is 45.3 Å². The van der Waals surface area contributed by atoms with Gasteiger partial charge in [0.15, 0.2) is 0 Å². The number of rotatable bonds is 8. The number of ether oxygens (including phenoxy) is 1. The molecule has 3 N–H and O–H groups in total. The number of anilines is 2. The van der Waals surface area contributed by atoms with Crippen LogP contribution in [0.15, 0.2) is 36.7 Å². The number of nitrogens with one attached hydrogen (secondary N) is 2. The Kier molecular flexibility index (Phi) is 7.80. The number of carbonyl (C=O) groups excluding carboxylic acids is 1. The minimum Gasteiger partial charge on any atom is -0.481 e. The molecule has 2 heterocycles. The van der Waals surface area contributed by atoms with Crippen LogP contribution in [0.3, 0.4) is 0 Å². The summed E-state index contributed by atoms with van der Waals surface area (Å²) in [6, 6.07) is 6.23. The number of carboxylic acids is 1. The Morgan fingerprint density at radius 2 is 1.91 bits per heavy atom. The lowest BCUT2D eigenvalue weighted by molar-refractivity contribution is -0.144. The molecular weight excluding hydrogens is 429 g/mol. The van der Waals surface area contributed by atoms with Crippen molar-refractivity contribution in [2.24, 2.45) is 0 Å². The molecule has 1 unspecified atom stereocenters. The van der Waals surface area contributed by atoms with Gasteiger partial charge in [0.05, 0.1) is 17.7 Å². The van der Waals surface area contributed by atoms with Gasteiger partial charge in [0, 0.05) is 37.1 Å². The molecule has 33 heavy (non-hydrogen) atoms. The number of carbonyl (C=O) groups is 2. The highest BCUT2D eigenvalue weighted by Crippen LogP contribution is 2.25. The van der Waals surface area contributed by atoms with E-state index in [2.05, 4.69) is 20.6 Å². The van der Waals surface area contributed by atoms with Crippen LogP contribution in [0.5, 0.6) is 0 Å². The highest BCUT2D eigenvalue weighted by atomic mass is 19.1. The molecule has 0 radical (unpaired) electrons. The first kappa shape index (κ1) is 24.4. The van der Waals surface area contributed by atoms with Crippen molar-refractivity contribution in [3.8, 4) is 0 Å². The summed E-state index contributed by atoms with van der Waals surface area (Å²) in [7, 11) is 0. The van der Waals surface area contributed by atoms with Gasteiger partial charge in [-0.25, -0.2) is 14.4 Å². The highest BCUT2D eigenvalue weighted by molar-refractivity contribution is 5.95. The second kappa shape index (κ2) is 10.6. The fraction of sp³-hybridized carbons (Fsp3) is 0.478. The van der Waals surface area contributed by atoms with E-state index in [9.17, 15) is 14.0 Å². The van der Waals surface area contributed by atoms with Crippen molar-refractivity contribution in [1.29, 1.82) is 0 Å². The lowest BCUT2D eigenvalue weighted by Crippen LogP contribution is -2.43. The minimum atomic E-state index is -1.11. The van der Waals surface area contributed by atoms with Crippen LogP contribution in [0.1, 0.15) is 50.4 Å². The van der Waals surface area contributed by atoms with Gasteiger partial charge in [-0.2, -0.15) is 0 Å². The number of hydrogen-bond donors (Lipinski definition) is 3. The molecule has 1 saturated heterocycles. The summed E-state index contributed by atoms with van der Waals surface area (Å²) in [4.78, 5) is 34.0. The van der Waals surface area contributed by atoms with Gasteiger partial charge < -0.3 is 25.4 Å². The van der Waals surface area contributed by atoms with Gasteiger partial charge in [-0.15, -0.1) is 0 Å². The Balaban J connectivity index is 1.60. The van der Waals surface area contributed by atoms with E-state index in [1.807, 2.05) is 4.90 Å². The molecule has 1 fully saturated rings. The van der Waals surface area contributed by atoms with Crippen LogP contribution in [0.4, 0.5) is 16.0 Å². The number of amides is 1. The molecule has 1 atom stereocenters. The fourth-order valence-electron chi connectivity index (χ4n) is 3.66. The van der Waals surface area contributed by atoms with Gasteiger partial charge in [-0.1, -0.05) is 0 Å². The predicted molar refractivity (Wildman–Crippen MR) is 122 cm³/mol. The lowest BCUT2D eigenvalue weighted by Gasteiger charge is -2.34. The van der Waals surface area contributed by atoms with Crippen molar-refractivity contribution < 1.29 is 23.8 Å². The number of benzene rings is 1. The number of piperidine rings is 1. The number of aromatic nitrogens is 2. The largest absolute Gasteiger partial charge is 0.481 e. The molecule has 3 rings (SSSR count). The maximum Gasteiger partial charge on any atom is 0.307 e. The molecule has 0 aliphatic carbocycles. The number of hydrogen-bond acceptors (Lipinski definition) is 7. The van der Waals surface area contributed by atoms with Crippen LogP contribution >= 0.6 is 0 Å². The normalized spacial score (nSPS) is 15.7. The Labute approximate surface area is 192 Å². The van der Waals surface area contributed by atoms with E-state index in [0.717, 1.165) is 12.8 Å². The first-order valence-corrected chi connectivity index (χ1v) is 10.9. The first-order chi connectivity index (χ1) is 15.6. The fourth-order valence-corrected chi connectivity index (χ4v) is 3.66. The van der Waals surface area contributed by atoms with E-state index >= 15 is 0 Å². The van der Waals surface area contributed by atoms with E-state index in [0.29, 0.717) is 24.7 Å². The molecule has 2 aromatic rings. The summed E-state index contributed by atoms with van der Waals surface area (Å²) >= 11 is 0. The van der Waals surface area contributed by atoms with E-state index < -0.39 is 35.9 Å². The number of carboxylic acid groups (broad SMARTS) is 1. The van der Waals surface area contributed by atoms with Crippen molar-refractivity contribution in [1.82, 2.24) is 15.3 Å². The molecule has 10 heteroatoms. The summed E-state index contributed by atoms with van der Waals surface area (Å²) in [6.07, 6.45) is 3.51. The number of halogens is 1. The van der Waals surface area contributed by atoms with Gasteiger partial charge in [0.1, 0.15) is 12.0 Å². The summed E-state index contributed by atoms with van der Waals surface area (Å²) in [6.45, 7) is 6.57. The molecule has 178 valence electrons. The second-order valence-electron chi connectivity index (χ2n) is 8.93. The van der Waals surface area contributed by atoms with Crippen LogP contribution in [0, 0.1) is 5.82 Å². The number of aliphatic carboxylic acids is 1. The van der Waals surface area contributed by atoms with Gasteiger partial charge in [0.25, 0.3) is 5.91 Å². The van der Waals surface area contributed by atoms with E-state index in [-0.39, 0.29) is 11.6 Å². The van der Waals surface area contributed by atoms with E-state index in [4.69, 9.17) is 9.84 Å². The molecule has 1 aliphatic rings. The Morgan fingerprint density at radius 1 is 1.24 bits per heavy atom. The third-order valence-corrected chi connectivity index (χ3v) is 5.09. The van der Waals surface area contributed by atoms with Gasteiger partial charge in [-0.3, -0.25) is 9.59 Å². The average Bonchev–Trinajstić information content (AvgIpc) is 2.73. The van der Waals surface area contributed by atoms with Crippen LogP contribution < -0.4 is 15.5 Å². The highest BCUT2D eigenvalue weighted by Gasteiger charge is 2.25. The predicted octanol–water partition coefficient (Wildman–Crippen LogP) is 3.04. The molecule has 0 spiro atoms. The summed E-state index contributed by atoms with van der Waals surface area (Å²) in [5.41, 5.74) is -0.133. The maximum absolute atomic E-state index is 14.9. The SMILES string of the molecule is CC(C)(C)OC(CC(=O)O)NC(=O)c1ccc(N2CCC(Nc3ncccn3)CC2)c(F)c1. The summed E-state index contributed by atoms with van der Waals surface area (Å²) in [5.74, 6) is -1.63. The summed E-state index contributed by atoms with van der Waals surface area (Å²) < 4.78 is 20.5. The topological polar surface area (TPSA) is 117 Å². The maximum atomic E-state index is 14.9. The van der Waals surface area contributed by atoms with Gasteiger partial charge >= 0.3 is 5.97 Å². The van der Waals surface area contributed by atoms with Gasteiger partial charge in [0.2, 0.25) is 5.95 Å². The monoisotopic (exact) mass is 459 g/mol. The van der Waals surface area contributed by atoms with Crippen molar-refractivity contribution >= 4 is 23.5 Å². The molecular formula is C23H30FN5O4. The molecule has 9 nitrogen and oxygen atoms in total. The summed E-state index contributed by atoms with van der Waals surface area (Å²) in [5, 5.41) is 14.9. The Morgan fingerprint density at radius 3 is 2.48 bits per heavy atom. The second-order valence-corrected chi connectivity index (χ2v) is 8.93. The van der Waals surface area contributed by atoms with Crippen molar-refractivity contribution in [3.63, 3.8) is 0 Å². The first-order valence-electron chi connectivity index (χ1n) is 10.9. The molecule has 1 amide bonds. The molecule has 1 aromatic carbocycles. The average molecular weight is 460 g/mol. The van der Waals surface area contributed by atoms with Crippen LogP contribution in [-0.4, -0.2) is 57.9 Å². The molecule has 1 aromatic heterocycles. The van der Waals surface area contributed by atoms with Crippen molar-refractivity contribution in [3.05, 3.63) is 48.0 Å². The van der Waals surface area contributed by atoms with Crippen LogP contribution in [0.25, 0.3) is 0 Å². The molecule has 0 bridgehead atoms. The Hall–Kier alpha value is -3.27. The molecule has 1 aliphatic heterocycles. The zero-order valence-electron chi connectivity index (χ0n) is 19.0. The third-order valence-electron chi connectivity index (χ3n) is 5.09. The van der Waals surface area contributed by atoms with Crippen molar-refractivity contribution in [2.45, 2.75) is 57.9 Å². The molecule has 0 saturated carbocycles. The Bertz CT molecular complexity index is 959. The zero-order valence-corrected chi connectivity index (χ0v) is 19.0. The minimum absolute atomic E-state index is 0.0990. The van der Waals surface area contributed by atoms with Crippen LogP contribution in [-0.2, 0) is 9.53 Å². The van der Waals surface area contributed by atoms with Gasteiger partial charge in [-0.05, 0) is 57.9 Å². The lowest BCUT2D eigenvalue weighted by atomic mass is 10.0. The van der Waals surface area contributed by atoms with Crippen molar-refractivity contribution in [2.75, 3.05) is 23.3 Å². The quantitative estimate of drug-likeness (QED) is 0.516. The van der Waals surface area contributed by atoms with Crippen LogP contribution in [0.2, 0.25) is 0 Å².